The Hall–Kier alpha value is -2.81. The van der Waals surface area contributed by atoms with E-state index in [1.807, 2.05) is 0 Å². The summed E-state index contributed by atoms with van der Waals surface area (Å²) in [6.07, 6.45) is 0. The van der Waals surface area contributed by atoms with Gasteiger partial charge >= 0.3 is 0 Å². The van der Waals surface area contributed by atoms with E-state index in [4.69, 9.17) is 9.47 Å². The number of hydrogen-bond acceptors (Lipinski definition) is 6. The number of nitrogens with one attached hydrogen (secondary N) is 1. The van der Waals surface area contributed by atoms with E-state index in [-0.39, 0.29) is 16.3 Å². The van der Waals surface area contributed by atoms with Crippen LogP contribution in [0.4, 0.5) is 11.4 Å². The fourth-order valence-corrected chi connectivity index (χ4v) is 3.09. The molecule has 0 saturated carbocycles. The molecule has 8 nitrogen and oxygen atoms in total. The number of anilines is 1. The van der Waals surface area contributed by atoms with Crippen molar-refractivity contribution in [2.24, 2.45) is 0 Å². The topological polar surface area (TPSA) is 108 Å². The first-order chi connectivity index (χ1) is 11.3. The third-order valence-corrected chi connectivity index (χ3v) is 4.67. The summed E-state index contributed by atoms with van der Waals surface area (Å²) in [5.74, 6) is 0.809. The number of nitro benzene ring substituents is 1. The molecule has 0 spiro atoms. The second kappa shape index (κ2) is 6.75. The Morgan fingerprint density at radius 2 is 1.62 bits per heavy atom. The number of benzene rings is 2. The maximum atomic E-state index is 12.5. The SMILES string of the molecule is COc1cc(NS(=O)(=O)c2ccc(C)c([N+](=O)[O-])c2)cc(OC)c1. The number of methoxy groups -OCH3 is 2. The maximum Gasteiger partial charge on any atom is 0.273 e. The number of rotatable bonds is 6. The fourth-order valence-electron chi connectivity index (χ4n) is 2.03. The molecule has 0 aliphatic rings. The molecule has 9 heteroatoms. The van der Waals surface area contributed by atoms with Crippen molar-refractivity contribution in [3.8, 4) is 11.5 Å². The maximum absolute atomic E-state index is 12.5. The second-order valence-electron chi connectivity index (χ2n) is 4.91. The van der Waals surface area contributed by atoms with Crippen molar-refractivity contribution >= 4 is 21.4 Å². The van der Waals surface area contributed by atoms with Crippen LogP contribution in [0.2, 0.25) is 0 Å². The largest absolute Gasteiger partial charge is 0.497 e. The number of nitrogens with zero attached hydrogens (tertiary/aromatic N) is 1. The Morgan fingerprint density at radius 3 is 2.12 bits per heavy atom. The highest BCUT2D eigenvalue weighted by atomic mass is 32.2. The van der Waals surface area contributed by atoms with Gasteiger partial charge in [0.2, 0.25) is 0 Å². The summed E-state index contributed by atoms with van der Waals surface area (Å²) in [5.41, 5.74) is 0.331. The van der Waals surface area contributed by atoms with Crippen LogP contribution in [0.15, 0.2) is 41.3 Å². The van der Waals surface area contributed by atoms with Gasteiger partial charge in [-0.3, -0.25) is 14.8 Å². The lowest BCUT2D eigenvalue weighted by atomic mass is 10.2. The van der Waals surface area contributed by atoms with Gasteiger partial charge in [0.05, 0.1) is 29.7 Å². The standard InChI is InChI=1S/C15H16N2O6S/c1-10-4-5-14(9-15(10)17(18)19)24(20,21)16-11-6-12(22-2)8-13(7-11)23-3/h4-9,16H,1-3H3. The van der Waals surface area contributed by atoms with E-state index in [1.165, 1.54) is 45.4 Å². The minimum Gasteiger partial charge on any atom is -0.497 e. The van der Waals surface area contributed by atoms with E-state index in [0.29, 0.717) is 17.1 Å². The van der Waals surface area contributed by atoms with Crippen LogP contribution in [0.25, 0.3) is 0 Å². The summed E-state index contributed by atoms with van der Waals surface area (Å²) in [4.78, 5) is 10.2. The van der Waals surface area contributed by atoms with Crippen LogP contribution < -0.4 is 14.2 Å². The van der Waals surface area contributed by atoms with Crippen molar-refractivity contribution in [3.05, 3.63) is 52.1 Å². The van der Waals surface area contributed by atoms with Gasteiger partial charge in [0.25, 0.3) is 15.7 Å². The lowest BCUT2D eigenvalue weighted by Crippen LogP contribution is -2.13. The summed E-state index contributed by atoms with van der Waals surface area (Å²) in [7, 11) is -1.12. The molecule has 0 aliphatic heterocycles. The van der Waals surface area contributed by atoms with Gasteiger partial charge in [-0.05, 0) is 13.0 Å². The zero-order valence-corrected chi connectivity index (χ0v) is 14.1. The molecule has 24 heavy (non-hydrogen) atoms. The smallest absolute Gasteiger partial charge is 0.273 e. The van der Waals surface area contributed by atoms with Crippen LogP contribution in [-0.2, 0) is 10.0 Å². The van der Waals surface area contributed by atoms with Crippen molar-refractivity contribution in [3.63, 3.8) is 0 Å². The third-order valence-electron chi connectivity index (χ3n) is 3.29. The number of ether oxygens (including phenoxy) is 2. The van der Waals surface area contributed by atoms with Gasteiger partial charge in [0, 0.05) is 29.8 Å². The number of nitro groups is 1. The quantitative estimate of drug-likeness (QED) is 0.632. The average molecular weight is 352 g/mol. The van der Waals surface area contributed by atoms with Crippen LogP contribution >= 0.6 is 0 Å². The minimum absolute atomic E-state index is 0.207. The van der Waals surface area contributed by atoms with Gasteiger partial charge in [-0.2, -0.15) is 0 Å². The molecule has 0 heterocycles. The predicted octanol–water partition coefficient (Wildman–Crippen LogP) is 2.72. The van der Waals surface area contributed by atoms with Crippen molar-refractivity contribution in [2.75, 3.05) is 18.9 Å². The fraction of sp³-hybridized carbons (Fsp3) is 0.200. The first-order valence-electron chi connectivity index (χ1n) is 6.78. The molecule has 0 atom stereocenters. The van der Waals surface area contributed by atoms with Crippen LogP contribution in [0.3, 0.4) is 0 Å². The molecule has 2 rings (SSSR count). The van der Waals surface area contributed by atoms with Crippen LogP contribution in [0, 0.1) is 17.0 Å². The first kappa shape index (κ1) is 17.5. The van der Waals surface area contributed by atoms with Crippen molar-refractivity contribution in [1.29, 1.82) is 0 Å². The predicted molar refractivity (Wildman–Crippen MR) is 88.2 cm³/mol. The first-order valence-corrected chi connectivity index (χ1v) is 8.26. The lowest BCUT2D eigenvalue weighted by molar-refractivity contribution is -0.385. The zero-order chi connectivity index (χ0) is 17.9. The molecular weight excluding hydrogens is 336 g/mol. The monoisotopic (exact) mass is 352 g/mol. The van der Waals surface area contributed by atoms with Crippen molar-refractivity contribution < 1.29 is 22.8 Å². The van der Waals surface area contributed by atoms with Gasteiger partial charge < -0.3 is 9.47 Å². The molecule has 0 saturated heterocycles. The van der Waals surface area contributed by atoms with Crippen LogP contribution in [-0.4, -0.2) is 27.6 Å². The minimum atomic E-state index is -4.00. The summed E-state index contributed by atoms with van der Waals surface area (Å²) >= 11 is 0. The van der Waals surface area contributed by atoms with Gasteiger partial charge in [0.1, 0.15) is 11.5 Å². The molecular formula is C15H16N2O6S. The molecule has 128 valence electrons. The Labute approximate surface area is 139 Å². The van der Waals surface area contributed by atoms with Crippen molar-refractivity contribution in [2.45, 2.75) is 11.8 Å². The molecule has 0 unspecified atom stereocenters. The van der Waals surface area contributed by atoms with E-state index in [2.05, 4.69) is 4.72 Å². The number of hydrogen-bond donors (Lipinski definition) is 1. The average Bonchev–Trinajstić information content (AvgIpc) is 2.53. The summed E-state index contributed by atoms with van der Waals surface area (Å²) in [6.45, 7) is 1.54. The van der Waals surface area contributed by atoms with E-state index in [9.17, 15) is 18.5 Å². The molecule has 0 aliphatic carbocycles. The molecule has 1 N–H and O–H groups in total. The van der Waals surface area contributed by atoms with Crippen molar-refractivity contribution in [1.82, 2.24) is 0 Å². The van der Waals surface area contributed by atoms with Gasteiger partial charge in [-0.1, -0.05) is 6.07 Å². The summed E-state index contributed by atoms with van der Waals surface area (Å²) < 4.78 is 37.5. The van der Waals surface area contributed by atoms with Crippen LogP contribution in [0.1, 0.15) is 5.56 Å². The van der Waals surface area contributed by atoms with E-state index >= 15 is 0 Å². The number of sulfonamides is 1. The van der Waals surface area contributed by atoms with Gasteiger partial charge in [-0.25, -0.2) is 8.42 Å². The van der Waals surface area contributed by atoms with E-state index < -0.39 is 14.9 Å². The molecule has 0 fully saturated rings. The Balaban J connectivity index is 2.42. The second-order valence-corrected chi connectivity index (χ2v) is 6.59. The Morgan fingerprint density at radius 1 is 1.04 bits per heavy atom. The molecule has 0 amide bonds. The molecule has 0 aromatic heterocycles. The Kier molecular flexibility index (Phi) is 4.93. The van der Waals surface area contributed by atoms with E-state index in [0.717, 1.165) is 6.07 Å². The summed E-state index contributed by atoms with van der Waals surface area (Å²) in [5, 5.41) is 11.0. The highest BCUT2D eigenvalue weighted by Crippen LogP contribution is 2.28. The van der Waals surface area contributed by atoms with E-state index in [1.54, 1.807) is 6.07 Å². The van der Waals surface area contributed by atoms with Gasteiger partial charge in [-0.15, -0.1) is 0 Å². The highest BCUT2D eigenvalue weighted by molar-refractivity contribution is 7.92. The Bertz CT molecular complexity index is 857. The number of aryl methyl sites for hydroxylation is 1. The molecule has 2 aromatic rings. The normalized spacial score (nSPS) is 11.0. The lowest BCUT2D eigenvalue weighted by Gasteiger charge is -2.11. The molecule has 0 bridgehead atoms. The molecule has 0 radical (unpaired) electrons. The zero-order valence-electron chi connectivity index (χ0n) is 13.3. The molecule has 2 aromatic carbocycles. The summed E-state index contributed by atoms with van der Waals surface area (Å²) in [6, 6.07) is 8.26. The van der Waals surface area contributed by atoms with Gasteiger partial charge in [0.15, 0.2) is 0 Å². The van der Waals surface area contributed by atoms with Crippen LogP contribution in [0.5, 0.6) is 11.5 Å². The third kappa shape index (κ3) is 3.74. The highest BCUT2D eigenvalue weighted by Gasteiger charge is 2.20.